The van der Waals surface area contributed by atoms with E-state index in [0.717, 1.165) is 0 Å². The fourth-order valence-electron chi connectivity index (χ4n) is 4.60. The van der Waals surface area contributed by atoms with Crippen molar-refractivity contribution in [3.05, 3.63) is 48.0 Å². The molecule has 1 aromatic carbocycles. The second kappa shape index (κ2) is 14.6. The molecule has 3 rings (SSSR count). The zero-order valence-electron chi connectivity index (χ0n) is 22.5. The van der Waals surface area contributed by atoms with Crippen molar-refractivity contribution in [3.63, 3.8) is 0 Å². The van der Waals surface area contributed by atoms with Gasteiger partial charge in [-0.1, -0.05) is 12.1 Å². The first-order chi connectivity index (χ1) is 19.5. The molecule has 0 spiro atoms. The first-order valence-corrected chi connectivity index (χ1v) is 13.2. The molecule has 1 aromatic heterocycles. The van der Waals surface area contributed by atoms with Crippen LogP contribution in [0.3, 0.4) is 0 Å². The van der Waals surface area contributed by atoms with Crippen LogP contribution in [0.2, 0.25) is 0 Å². The van der Waals surface area contributed by atoms with Crippen molar-refractivity contribution in [2.24, 2.45) is 22.2 Å². The average Bonchev–Trinajstić information content (AvgIpc) is 3.63. The van der Waals surface area contributed by atoms with Crippen LogP contribution in [0.4, 0.5) is 0 Å². The molecule has 15 nitrogen and oxygen atoms in total. The number of hydrogen-bond acceptors (Lipinski definition) is 8. The van der Waals surface area contributed by atoms with Gasteiger partial charge < -0.3 is 47.9 Å². The summed E-state index contributed by atoms with van der Waals surface area (Å²) in [5.74, 6) is -3.01. The summed E-state index contributed by atoms with van der Waals surface area (Å²) in [4.78, 5) is 63.7. The molecule has 2 heterocycles. The van der Waals surface area contributed by atoms with E-state index in [9.17, 15) is 29.4 Å². The van der Waals surface area contributed by atoms with Gasteiger partial charge in [0.25, 0.3) is 0 Å². The van der Waals surface area contributed by atoms with E-state index >= 15 is 0 Å². The maximum atomic E-state index is 13.6. The molecule has 1 saturated heterocycles. The average molecular weight is 572 g/mol. The molecule has 4 atom stereocenters. The fourth-order valence-corrected chi connectivity index (χ4v) is 4.60. The summed E-state index contributed by atoms with van der Waals surface area (Å²) in [5, 5.41) is 24.6. The molecule has 222 valence electrons. The Labute approximate surface area is 236 Å². The number of benzene rings is 1. The number of carboxylic acid groups (broad SMARTS) is 1. The van der Waals surface area contributed by atoms with E-state index in [2.05, 4.69) is 25.6 Å². The normalized spacial score (nSPS) is 16.8. The molecule has 15 heteroatoms. The van der Waals surface area contributed by atoms with Gasteiger partial charge in [0.1, 0.15) is 23.9 Å². The van der Waals surface area contributed by atoms with Gasteiger partial charge in [-0.25, -0.2) is 9.78 Å². The van der Waals surface area contributed by atoms with Crippen LogP contribution < -0.4 is 27.8 Å². The molecule has 11 N–H and O–H groups in total. The number of aromatic hydroxyl groups is 1. The van der Waals surface area contributed by atoms with E-state index in [-0.39, 0.29) is 44.1 Å². The summed E-state index contributed by atoms with van der Waals surface area (Å²) < 4.78 is 0. The lowest BCUT2D eigenvalue weighted by molar-refractivity contribution is -0.149. The number of carbonyl (C=O) groups excluding carboxylic acids is 3. The van der Waals surface area contributed by atoms with Gasteiger partial charge in [-0.2, -0.15) is 0 Å². The topological polar surface area (TPSA) is 255 Å². The lowest BCUT2D eigenvalue weighted by Gasteiger charge is -2.29. The van der Waals surface area contributed by atoms with Crippen LogP contribution in [-0.2, 0) is 32.0 Å². The minimum Gasteiger partial charge on any atom is -0.508 e. The van der Waals surface area contributed by atoms with E-state index in [4.69, 9.17) is 17.2 Å². The van der Waals surface area contributed by atoms with Crippen LogP contribution in [0.1, 0.15) is 36.9 Å². The Morgan fingerprint density at radius 2 is 1.80 bits per heavy atom. The van der Waals surface area contributed by atoms with E-state index in [1.54, 1.807) is 12.1 Å². The lowest BCUT2D eigenvalue weighted by Crippen LogP contribution is -2.57. The van der Waals surface area contributed by atoms with Gasteiger partial charge >= 0.3 is 5.97 Å². The third-order valence-electron chi connectivity index (χ3n) is 6.72. The highest BCUT2D eigenvalue weighted by Crippen LogP contribution is 2.20. The Bertz CT molecular complexity index is 1210. The summed E-state index contributed by atoms with van der Waals surface area (Å²) in [6.07, 6.45) is 4.46. The number of phenols is 1. The number of likely N-dealkylation sites (tertiary alicyclic amines) is 1. The van der Waals surface area contributed by atoms with Crippen molar-refractivity contribution >= 4 is 29.7 Å². The number of aliphatic carboxylic acids is 1. The largest absolute Gasteiger partial charge is 0.508 e. The van der Waals surface area contributed by atoms with Crippen LogP contribution in [0.15, 0.2) is 41.8 Å². The number of carbonyl (C=O) groups is 4. The smallest absolute Gasteiger partial charge is 0.326 e. The molecular weight excluding hydrogens is 534 g/mol. The monoisotopic (exact) mass is 571 g/mol. The number of nitrogens with two attached hydrogens (primary N) is 3. The number of aromatic amines is 1. The van der Waals surface area contributed by atoms with Gasteiger partial charge in [-0.05, 0) is 43.4 Å². The highest BCUT2D eigenvalue weighted by atomic mass is 16.4. The predicted octanol–water partition coefficient (Wildman–Crippen LogP) is -1.67. The maximum absolute atomic E-state index is 13.6. The van der Waals surface area contributed by atoms with Crippen LogP contribution in [0.5, 0.6) is 5.75 Å². The number of amides is 3. The quantitative estimate of drug-likeness (QED) is 0.0726. The highest BCUT2D eigenvalue weighted by Gasteiger charge is 2.38. The van der Waals surface area contributed by atoms with Crippen molar-refractivity contribution in [1.29, 1.82) is 0 Å². The summed E-state index contributed by atoms with van der Waals surface area (Å²) in [7, 11) is 0. The number of aliphatic imine (C=N–C) groups is 1. The molecule has 0 aliphatic carbocycles. The summed E-state index contributed by atoms with van der Waals surface area (Å²) in [5.41, 5.74) is 18.1. The Hall–Kier alpha value is -4.66. The Morgan fingerprint density at radius 1 is 1.10 bits per heavy atom. The van der Waals surface area contributed by atoms with Crippen LogP contribution in [0, 0.1) is 0 Å². The number of rotatable bonds is 14. The van der Waals surface area contributed by atoms with E-state index in [1.165, 1.54) is 29.6 Å². The van der Waals surface area contributed by atoms with Gasteiger partial charge in [0.05, 0.1) is 12.4 Å². The van der Waals surface area contributed by atoms with Crippen molar-refractivity contribution in [3.8, 4) is 5.75 Å². The number of guanidine groups is 1. The minimum atomic E-state index is -1.14. The van der Waals surface area contributed by atoms with Crippen molar-refractivity contribution in [1.82, 2.24) is 25.5 Å². The predicted molar refractivity (Wildman–Crippen MR) is 148 cm³/mol. The summed E-state index contributed by atoms with van der Waals surface area (Å²) in [6, 6.07) is 1.89. The van der Waals surface area contributed by atoms with Gasteiger partial charge in [0.15, 0.2) is 5.96 Å². The van der Waals surface area contributed by atoms with Crippen LogP contribution in [0.25, 0.3) is 0 Å². The molecule has 41 heavy (non-hydrogen) atoms. The SMILES string of the molecule is NC(N)=NCCCC(NC(=O)C(Cc1ccc(O)cc1)NC(=O)C(N)Cc1cnc[nH]1)C(=O)N1CCCC1C(=O)O. The standard InChI is InChI=1S/C26H37N9O6/c27-18(12-16-13-30-14-32-16)22(37)34-20(11-15-5-7-17(36)8-6-15)23(38)33-19(3-1-9-31-26(28)29)24(39)35-10-2-4-21(35)25(40)41/h5-8,13-14,18-21,36H,1-4,9-12,27H2,(H,30,32)(H,33,38)(H,34,37)(H,40,41)(H4,28,29,31). The minimum absolute atomic E-state index is 0.0327. The summed E-state index contributed by atoms with van der Waals surface area (Å²) in [6.45, 7) is 0.437. The number of nitrogens with one attached hydrogen (secondary N) is 3. The molecule has 0 saturated carbocycles. The Kier molecular flexibility index (Phi) is 11.0. The molecule has 4 unspecified atom stereocenters. The van der Waals surface area contributed by atoms with E-state index in [1.807, 2.05) is 0 Å². The molecule has 1 aliphatic heterocycles. The number of nitrogens with zero attached hydrogens (tertiary/aromatic N) is 3. The lowest BCUT2D eigenvalue weighted by atomic mass is 10.0. The molecule has 1 fully saturated rings. The zero-order chi connectivity index (χ0) is 29.9. The molecule has 3 amide bonds. The van der Waals surface area contributed by atoms with Crippen molar-refractivity contribution in [2.45, 2.75) is 62.7 Å². The number of aromatic nitrogens is 2. The number of imidazole rings is 1. The third-order valence-corrected chi connectivity index (χ3v) is 6.72. The van der Waals surface area contributed by atoms with Crippen LogP contribution in [-0.4, -0.2) is 92.0 Å². The number of H-pyrrole nitrogens is 1. The van der Waals surface area contributed by atoms with E-state index in [0.29, 0.717) is 30.5 Å². The van der Waals surface area contributed by atoms with Gasteiger partial charge in [-0.3, -0.25) is 19.4 Å². The molecule has 1 aliphatic rings. The fraction of sp³-hybridized carbons (Fsp3) is 0.462. The molecule has 0 radical (unpaired) electrons. The number of hydrogen-bond donors (Lipinski definition) is 8. The van der Waals surface area contributed by atoms with Gasteiger partial charge in [0, 0.05) is 37.8 Å². The van der Waals surface area contributed by atoms with Crippen molar-refractivity contribution < 1.29 is 29.4 Å². The number of carboxylic acids is 1. The van der Waals surface area contributed by atoms with E-state index < -0.39 is 47.9 Å². The first-order valence-electron chi connectivity index (χ1n) is 13.2. The number of phenolic OH excluding ortho intramolecular Hbond substituents is 1. The van der Waals surface area contributed by atoms with Gasteiger partial charge in [0.2, 0.25) is 17.7 Å². The third kappa shape index (κ3) is 9.20. The maximum Gasteiger partial charge on any atom is 0.326 e. The Morgan fingerprint density at radius 3 is 2.44 bits per heavy atom. The molecular formula is C26H37N9O6. The van der Waals surface area contributed by atoms with Crippen molar-refractivity contribution in [2.75, 3.05) is 13.1 Å². The highest BCUT2D eigenvalue weighted by molar-refractivity contribution is 5.94. The van der Waals surface area contributed by atoms with Gasteiger partial charge in [-0.15, -0.1) is 0 Å². The summed E-state index contributed by atoms with van der Waals surface area (Å²) >= 11 is 0. The molecule has 2 aromatic rings. The first kappa shape index (κ1) is 30.9. The Balaban J connectivity index is 1.79. The second-order valence-corrected chi connectivity index (χ2v) is 9.86. The second-order valence-electron chi connectivity index (χ2n) is 9.86. The zero-order valence-corrected chi connectivity index (χ0v) is 22.5. The van der Waals surface area contributed by atoms with Crippen LogP contribution >= 0.6 is 0 Å². The molecule has 0 bridgehead atoms.